The molecule has 1 aliphatic carbocycles. The van der Waals surface area contributed by atoms with Crippen molar-refractivity contribution in [3.8, 4) is 22.6 Å². The number of rotatable bonds is 6. The second-order valence-corrected chi connectivity index (χ2v) is 8.13. The first-order valence-corrected chi connectivity index (χ1v) is 10.8. The van der Waals surface area contributed by atoms with Crippen LogP contribution in [0, 0.1) is 0 Å². The number of hydrogen-bond acceptors (Lipinski definition) is 6. The van der Waals surface area contributed by atoms with Gasteiger partial charge in [-0.2, -0.15) is 5.10 Å². The molecule has 5 rings (SSSR count). The lowest BCUT2D eigenvalue weighted by molar-refractivity contribution is 0.0962. The number of benzene rings is 2. The van der Waals surface area contributed by atoms with Gasteiger partial charge in [0.05, 0.1) is 43.3 Å². The van der Waals surface area contributed by atoms with Crippen LogP contribution in [0.3, 0.4) is 0 Å². The van der Waals surface area contributed by atoms with E-state index < -0.39 is 0 Å². The number of hydrogen-bond donors (Lipinski definition) is 0. The van der Waals surface area contributed by atoms with Crippen LogP contribution in [0.1, 0.15) is 39.6 Å². The van der Waals surface area contributed by atoms with E-state index in [1.165, 1.54) is 0 Å². The largest absolute Gasteiger partial charge is 0.497 e. The fraction of sp³-hybridized carbons (Fsp3) is 0.269. The predicted octanol–water partition coefficient (Wildman–Crippen LogP) is 4.47. The highest BCUT2D eigenvalue weighted by Gasteiger charge is 2.30. The summed E-state index contributed by atoms with van der Waals surface area (Å²) in [7, 11) is 4.94. The maximum atomic E-state index is 13.1. The normalized spacial score (nSPS) is 15.5. The molecular formula is C26H25N3O4. The number of carbonyl (C=O) groups is 1. The van der Waals surface area contributed by atoms with E-state index in [0.717, 1.165) is 39.6 Å². The van der Waals surface area contributed by atoms with Gasteiger partial charge in [0.2, 0.25) is 0 Å². The number of aromatic nitrogens is 3. The van der Waals surface area contributed by atoms with E-state index in [4.69, 9.17) is 24.3 Å². The molecule has 0 bridgehead atoms. The minimum absolute atomic E-state index is 0.0118. The van der Waals surface area contributed by atoms with E-state index in [9.17, 15) is 4.79 Å². The molecule has 0 amide bonds. The number of ketones is 1. The van der Waals surface area contributed by atoms with Gasteiger partial charge in [0.25, 0.3) is 0 Å². The summed E-state index contributed by atoms with van der Waals surface area (Å²) in [6.45, 7) is 0.332. The second-order valence-electron chi connectivity index (χ2n) is 8.13. The minimum atomic E-state index is 0.0118. The van der Waals surface area contributed by atoms with Gasteiger partial charge in [-0.05, 0) is 35.7 Å². The standard InChI is InChI=1S/C26H25N3O4/c1-31-15-22-25(16-7-6-8-18(11-16)32-2)26-27-21-12-17(19-9-4-5-10-24(19)33-3)13-23(30)20(21)14-29(26)28-22/h4-11,14,17H,12-13,15H2,1-3H3. The number of nitrogens with zero attached hydrogens (tertiary/aromatic N) is 3. The van der Waals surface area contributed by atoms with Crippen LogP contribution in [0.4, 0.5) is 0 Å². The average Bonchev–Trinajstić information content (AvgIpc) is 3.20. The Balaban J connectivity index is 1.65. The first-order valence-electron chi connectivity index (χ1n) is 10.8. The predicted molar refractivity (Wildman–Crippen MR) is 124 cm³/mol. The zero-order chi connectivity index (χ0) is 22.9. The lowest BCUT2D eigenvalue weighted by Crippen LogP contribution is -2.21. The summed E-state index contributed by atoms with van der Waals surface area (Å²) in [5.41, 5.74) is 5.71. The lowest BCUT2D eigenvalue weighted by Gasteiger charge is -2.24. The Hall–Kier alpha value is -3.71. The Labute approximate surface area is 191 Å². The third-order valence-electron chi connectivity index (χ3n) is 6.15. The molecule has 33 heavy (non-hydrogen) atoms. The van der Waals surface area contributed by atoms with Gasteiger partial charge in [0, 0.05) is 25.6 Å². The molecule has 7 nitrogen and oxygen atoms in total. The summed E-state index contributed by atoms with van der Waals surface area (Å²) in [6.07, 6.45) is 2.87. The Kier molecular flexibility index (Phi) is 5.56. The highest BCUT2D eigenvalue weighted by Crippen LogP contribution is 2.38. The number of carbonyl (C=O) groups excluding carboxylic acids is 1. The molecule has 0 spiro atoms. The molecule has 0 N–H and O–H groups in total. The molecule has 0 saturated carbocycles. The van der Waals surface area contributed by atoms with Crippen molar-refractivity contribution < 1.29 is 19.0 Å². The van der Waals surface area contributed by atoms with Crippen LogP contribution in [-0.2, 0) is 17.8 Å². The maximum Gasteiger partial charge on any atom is 0.166 e. The summed E-state index contributed by atoms with van der Waals surface area (Å²) in [4.78, 5) is 18.1. The fourth-order valence-electron chi connectivity index (χ4n) is 4.62. The Morgan fingerprint density at radius 3 is 2.67 bits per heavy atom. The van der Waals surface area contributed by atoms with Crippen LogP contribution in [0.25, 0.3) is 16.8 Å². The molecule has 168 valence electrons. The highest BCUT2D eigenvalue weighted by atomic mass is 16.5. The smallest absolute Gasteiger partial charge is 0.166 e. The number of Topliss-reactive ketones (excluding diaryl/α,β-unsaturated/α-hetero) is 1. The molecule has 2 heterocycles. The molecule has 4 aromatic rings. The van der Waals surface area contributed by atoms with Gasteiger partial charge >= 0.3 is 0 Å². The van der Waals surface area contributed by atoms with Crippen LogP contribution < -0.4 is 9.47 Å². The van der Waals surface area contributed by atoms with Crippen molar-refractivity contribution >= 4 is 11.4 Å². The van der Waals surface area contributed by atoms with Crippen LogP contribution in [0.2, 0.25) is 0 Å². The Bertz CT molecular complexity index is 1340. The van der Waals surface area contributed by atoms with Crippen molar-refractivity contribution in [3.05, 3.63) is 77.2 Å². The van der Waals surface area contributed by atoms with Crippen molar-refractivity contribution in [2.75, 3.05) is 21.3 Å². The quantitative estimate of drug-likeness (QED) is 0.438. The maximum absolute atomic E-state index is 13.1. The zero-order valence-corrected chi connectivity index (χ0v) is 18.9. The van der Waals surface area contributed by atoms with Gasteiger partial charge in [0.15, 0.2) is 11.4 Å². The van der Waals surface area contributed by atoms with Crippen LogP contribution in [0.5, 0.6) is 11.5 Å². The molecular weight excluding hydrogens is 418 g/mol. The number of ether oxygens (including phenoxy) is 3. The molecule has 2 aromatic carbocycles. The Morgan fingerprint density at radius 1 is 1.03 bits per heavy atom. The number of methoxy groups -OCH3 is 3. The van der Waals surface area contributed by atoms with Crippen molar-refractivity contribution in [1.29, 1.82) is 0 Å². The SMILES string of the molecule is COCc1nn2cc3c(nc2c1-c1cccc(OC)c1)CC(c1ccccc1OC)CC3=O. The van der Waals surface area contributed by atoms with Gasteiger partial charge in [0.1, 0.15) is 11.5 Å². The first kappa shape index (κ1) is 21.2. The van der Waals surface area contributed by atoms with Crippen LogP contribution in [-0.4, -0.2) is 41.7 Å². The van der Waals surface area contributed by atoms with Crippen molar-refractivity contribution in [2.24, 2.45) is 0 Å². The van der Waals surface area contributed by atoms with E-state index >= 15 is 0 Å². The van der Waals surface area contributed by atoms with Crippen molar-refractivity contribution in [3.63, 3.8) is 0 Å². The van der Waals surface area contributed by atoms with E-state index in [1.54, 1.807) is 32.0 Å². The third kappa shape index (κ3) is 3.74. The molecule has 1 aliphatic rings. The molecule has 7 heteroatoms. The Morgan fingerprint density at radius 2 is 1.88 bits per heavy atom. The van der Waals surface area contributed by atoms with E-state index in [1.807, 2.05) is 48.5 Å². The molecule has 1 unspecified atom stereocenters. The lowest BCUT2D eigenvalue weighted by atomic mass is 9.82. The summed E-state index contributed by atoms with van der Waals surface area (Å²) >= 11 is 0. The average molecular weight is 444 g/mol. The fourth-order valence-corrected chi connectivity index (χ4v) is 4.62. The van der Waals surface area contributed by atoms with Gasteiger partial charge in [-0.3, -0.25) is 4.79 Å². The highest BCUT2D eigenvalue weighted by molar-refractivity contribution is 5.99. The molecule has 0 aliphatic heterocycles. The molecule has 0 saturated heterocycles. The minimum Gasteiger partial charge on any atom is -0.497 e. The molecule has 0 radical (unpaired) electrons. The summed E-state index contributed by atoms with van der Waals surface area (Å²) in [5.74, 6) is 1.62. The van der Waals surface area contributed by atoms with Crippen LogP contribution in [0.15, 0.2) is 54.7 Å². The van der Waals surface area contributed by atoms with Gasteiger partial charge in [-0.1, -0.05) is 30.3 Å². The number of fused-ring (bicyclic) bond motifs is 2. The van der Waals surface area contributed by atoms with Gasteiger partial charge < -0.3 is 14.2 Å². The summed E-state index contributed by atoms with van der Waals surface area (Å²) in [6, 6.07) is 15.7. The van der Waals surface area contributed by atoms with E-state index in [-0.39, 0.29) is 11.7 Å². The molecule has 2 aromatic heterocycles. The summed E-state index contributed by atoms with van der Waals surface area (Å²) in [5, 5.41) is 4.70. The van der Waals surface area contributed by atoms with Crippen LogP contribution >= 0.6 is 0 Å². The monoisotopic (exact) mass is 443 g/mol. The first-order chi connectivity index (χ1) is 16.1. The third-order valence-corrected chi connectivity index (χ3v) is 6.15. The zero-order valence-electron chi connectivity index (χ0n) is 18.9. The van der Waals surface area contributed by atoms with Crippen molar-refractivity contribution in [2.45, 2.75) is 25.4 Å². The van der Waals surface area contributed by atoms with Gasteiger partial charge in [-0.15, -0.1) is 0 Å². The van der Waals surface area contributed by atoms with Crippen molar-refractivity contribution in [1.82, 2.24) is 14.6 Å². The topological polar surface area (TPSA) is 75.0 Å². The molecule has 1 atom stereocenters. The summed E-state index contributed by atoms with van der Waals surface area (Å²) < 4.78 is 18.1. The van der Waals surface area contributed by atoms with E-state index in [2.05, 4.69) is 0 Å². The number of para-hydroxylation sites is 1. The van der Waals surface area contributed by atoms with E-state index in [0.29, 0.717) is 30.7 Å². The molecule has 0 fully saturated rings. The second kappa shape index (κ2) is 8.67. The van der Waals surface area contributed by atoms with Gasteiger partial charge in [-0.25, -0.2) is 9.50 Å².